The highest BCUT2D eigenvalue weighted by molar-refractivity contribution is 5.47. The summed E-state index contributed by atoms with van der Waals surface area (Å²) in [5, 5.41) is 22.6. The second-order valence-corrected chi connectivity index (χ2v) is 4.85. The number of aliphatic hydroxyl groups excluding tert-OH is 1. The molecule has 0 atom stereocenters. The van der Waals surface area contributed by atoms with Gasteiger partial charge in [0, 0.05) is 11.7 Å². The lowest BCUT2D eigenvalue weighted by Gasteiger charge is -2.36. The molecule has 1 aromatic rings. The van der Waals surface area contributed by atoms with Crippen molar-refractivity contribution in [1.82, 2.24) is 0 Å². The Hall–Kier alpha value is -1.10. The summed E-state index contributed by atoms with van der Waals surface area (Å²) < 4.78 is 0. The van der Waals surface area contributed by atoms with Crippen LogP contribution >= 0.6 is 0 Å². The first-order chi connectivity index (χ1) is 8.11. The van der Waals surface area contributed by atoms with Crippen LogP contribution in [0.2, 0.25) is 0 Å². The largest absolute Gasteiger partial charge is 0.392 e. The molecule has 1 aliphatic carbocycles. The molecule has 1 aliphatic rings. The van der Waals surface area contributed by atoms with Crippen LogP contribution in [0, 0.1) is 0 Å². The van der Waals surface area contributed by atoms with Crippen molar-refractivity contribution in [1.29, 1.82) is 0 Å². The Morgan fingerprint density at radius 1 is 1.35 bits per heavy atom. The highest BCUT2D eigenvalue weighted by atomic mass is 16.3. The fourth-order valence-electron chi connectivity index (χ4n) is 2.26. The second-order valence-electron chi connectivity index (χ2n) is 4.85. The Kier molecular flexibility index (Phi) is 3.66. The molecule has 0 aliphatic heterocycles. The van der Waals surface area contributed by atoms with Gasteiger partial charge in [-0.1, -0.05) is 12.1 Å². The van der Waals surface area contributed by atoms with Gasteiger partial charge in [-0.3, -0.25) is 0 Å². The summed E-state index contributed by atoms with van der Waals surface area (Å²) in [7, 11) is 0. The number of anilines is 1. The molecule has 17 heavy (non-hydrogen) atoms. The molecule has 0 bridgehead atoms. The summed E-state index contributed by atoms with van der Waals surface area (Å²) in [5.74, 6) is 0. The second kappa shape index (κ2) is 5.04. The van der Waals surface area contributed by atoms with Gasteiger partial charge in [-0.15, -0.1) is 0 Å². The Bertz CT molecular complexity index is 373. The minimum absolute atomic E-state index is 0.0127. The third-order valence-corrected chi connectivity index (χ3v) is 3.34. The molecule has 2 rings (SSSR count). The molecule has 0 aromatic heterocycles. The van der Waals surface area contributed by atoms with E-state index in [1.54, 1.807) is 0 Å². The van der Waals surface area contributed by atoms with E-state index in [0.29, 0.717) is 12.8 Å². The van der Waals surface area contributed by atoms with Gasteiger partial charge in [0.15, 0.2) is 0 Å². The van der Waals surface area contributed by atoms with Gasteiger partial charge in [0.25, 0.3) is 0 Å². The van der Waals surface area contributed by atoms with Gasteiger partial charge in [0.2, 0.25) is 0 Å². The van der Waals surface area contributed by atoms with Crippen molar-refractivity contribution in [2.24, 2.45) is 5.73 Å². The van der Waals surface area contributed by atoms with E-state index in [0.717, 1.165) is 24.1 Å². The summed E-state index contributed by atoms with van der Waals surface area (Å²) in [6.07, 6.45) is 3.00. The van der Waals surface area contributed by atoms with Gasteiger partial charge >= 0.3 is 0 Å². The summed E-state index contributed by atoms with van der Waals surface area (Å²) in [5.41, 5.74) is 6.65. The van der Waals surface area contributed by atoms with Gasteiger partial charge in [-0.2, -0.15) is 0 Å². The standard InChI is InChI=1S/C13H20N2O2/c14-11-4-6-13(17,7-5-11)15-12-3-1-2-10(8-12)9-16/h1-3,8,11,15-17H,4-7,9,14H2. The predicted octanol–water partition coefficient (Wildman–Crippen LogP) is 1.18. The van der Waals surface area contributed by atoms with Gasteiger partial charge < -0.3 is 21.3 Å². The first kappa shape index (κ1) is 12.4. The minimum atomic E-state index is -0.857. The van der Waals surface area contributed by atoms with Crippen molar-refractivity contribution in [3.05, 3.63) is 29.8 Å². The Balaban J connectivity index is 2.04. The first-order valence-corrected chi connectivity index (χ1v) is 6.07. The zero-order valence-corrected chi connectivity index (χ0v) is 9.89. The maximum atomic E-state index is 10.4. The lowest BCUT2D eigenvalue weighted by Crippen LogP contribution is -2.44. The monoisotopic (exact) mass is 236 g/mol. The van der Waals surface area contributed by atoms with Crippen molar-refractivity contribution >= 4 is 5.69 Å². The third-order valence-electron chi connectivity index (χ3n) is 3.34. The van der Waals surface area contributed by atoms with E-state index in [1.807, 2.05) is 24.3 Å². The van der Waals surface area contributed by atoms with Crippen LogP contribution in [0.5, 0.6) is 0 Å². The van der Waals surface area contributed by atoms with E-state index < -0.39 is 5.72 Å². The summed E-state index contributed by atoms with van der Waals surface area (Å²) in [6.45, 7) is 0.0127. The van der Waals surface area contributed by atoms with Crippen LogP contribution < -0.4 is 11.1 Å². The SMILES string of the molecule is NC1CCC(O)(Nc2cccc(CO)c2)CC1. The number of benzene rings is 1. The van der Waals surface area contributed by atoms with Crippen molar-refractivity contribution in [2.45, 2.75) is 44.1 Å². The first-order valence-electron chi connectivity index (χ1n) is 6.07. The minimum Gasteiger partial charge on any atom is -0.392 e. The third kappa shape index (κ3) is 3.19. The van der Waals surface area contributed by atoms with Gasteiger partial charge in [-0.25, -0.2) is 0 Å². The molecule has 0 unspecified atom stereocenters. The zero-order valence-electron chi connectivity index (χ0n) is 9.89. The van der Waals surface area contributed by atoms with Crippen LogP contribution in [0.25, 0.3) is 0 Å². The Labute approximate surface area is 101 Å². The summed E-state index contributed by atoms with van der Waals surface area (Å²) in [6, 6.07) is 7.68. The molecule has 94 valence electrons. The molecule has 5 N–H and O–H groups in total. The number of rotatable bonds is 3. The molecular formula is C13H20N2O2. The molecule has 0 amide bonds. The maximum Gasteiger partial charge on any atom is 0.135 e. The number of nitrogens with two attached hydrogens (primary N) is 1. The maximum absolute atomic E-state index is 10.4. The lowest BCUT2D eigenvalue weighted by atomic mass is 9.88. The van der Waals surface area contributed by atoms with Crippen LogP contribution in [0.15, 0.2) is 24.3 Å². The van der Waals surface area contributed by atoms with Crippen molar-refractivity contribution < 1.29 is 10.2 Å². The predicted molar refractivity (Wildman–Crippen MR) is 67.4 cm³/mol. The Morgan fingerprint density at radius 3 is 2.71 bits per heavy atom. The molecular weight excluding hydrogens is 216 g/mol. The van der Waals surface area contributed by atoms with Gasteiger partial charge in [0.1, 0.15) is 5.72 Å². The fourth-order valence-corrected chi connectivity index (χ4v) is 2.26. The molecule has 0 radical (unpaired) electrons. The average molecular weight is 236 g/mol. The van der Waals surface area contributed by atoms with E-state index in [-0.39, 0.29) is 12.6 Å². The van der Waals surface area contributed by atoms with E-state index in [9.17, 15) is 5.11 Å². The molecule has 4 nitrogen and oxygen atoms in total. The molecule has 4 heteroatoms. The highest BCUT2D eigenvalue weighted by Crippen LogP contribution is 2.29. The van der Waals surface area contributed by atoms with Gasteiger partial charge in [-0.05, 0) is 43.4 Å². The number of hydrogen-bond acceptors (Lipinski definition) is 4. The quantitative estimate of drug-likeness (QED) is 0.594. The van der Waals surface area contributed by atoms with Crippen molar-refractivity contribution in [3.63, 3.8) is 0 Å². The van der Waals surface area contributed by atoms with Crippen LogP contribution in [0.3, 0.4) is 0 Å². The number of hydrogen-bond donors (Lipinski definition) is 4. The molecule has 1 fully saturated rings. The van der Waals surface area contributed by atoms with E-state index in [1.165, 1.54) is 0 Å². The smallest absolute Gasteiger partial charge is 0.135 e. The Morgan fingerprint density at radius 2 is 2.06 bits per heavy atom. The molecule has 1 saturated carbocycles. The fraction of sp³-hybridized carbons (Fsp3) is 0.538. The molecule has 1 aromatic carbocycles. The molecule has 0 saturated heterocycles. The molecule has 0 heterocycles. The van der Waals surface area contributed by atoms with Crippen molar-refractivity contribution in [3.8, 4) is 0 Å². The van der Waals surface area contributed by atoms with Crippen LogP contribution in [0.4, 0.5) is 5.69 Å². The van der Waals surface area contributed by atoms with E-state index in [2.05, 4.69) is 5.32 Å². The topological polar surface area (TPSA) is 78.5 Å². The number of nitrogens with one attached hydrogen (secondary N) is 1. The summed E-state index contributed by atoms with van der Waals surface area (Å²) in [4.78, 5) is 0. The number of aliphatic hydroxyl groups is 2. The van der Waals surface area contributed by atoms with Crippen LogP contribution in [-0.4, -0.2) is 22.0 Å². The van der Waals surface area contributed by atoms with E-state index >= 15 is 0 Å². The van der Waals surface area contributed by atoms with Crippen LogP contribution in [-0.2, 0) is 6.61 Å². The highest BCUT2D eigenvalue weighted by Gasteiger charge is 2.31. The zero-order chi connectivity index (χ0) is 12.3. The van der Waals surface area contributed by atoms with Crippen molar-refractivity contribution in [2.75, 3.05) is 5.32 Å². The average Bonchev–Trinajstić information content (AvgIpc) is 2.33. The normalized spacial score (nSPS) is 29.0. The van der Waals surface area contributed by atoms with Gasteiger partial charge in [0.05, 0.1) is 6.61 Å². The lowest BCUT2D eigenvalue weighted by molar-refractivity contribution is 0.0269. The summed E-state index contributed by atoms with van der Waals surface area (Å²) >= 11 is 0. The van der Waals surface area contributed by atoms with E-state index in [4.69, 9.17) is 10.8 Å². The molecule has 0 spiro atoms. The van der Waals surface area contributed by atoms with Crippen LogP contribution in [0.1, 0.15) is 31.2 Å².